The van der Waals surface area contributed by atoms with Gasteiger partial charge in [0.2, 0.25) is 5.95 Å². The zero-order valence-electron chi connectivity index (χ0n) is 18.7. The smallest absolute Gasteiger partial charge is 0.317 e. The second kappa shape index (κ2) is 9.12. The average Bonchev–Trinajstić information content (AvgIpc) is 3.45. The van der Waals surface area contributed by atoms with Crippen LogP contribution < -0.4 is 16.0 Å². The Morgan fingerprint density at radius 2 is 2.09 bits per heavy atom. The maximum Gasteiger partial charge on any atom is 0.317 e. The number of anilines is 2. The molecule has 1 fully saturated rings. The summed E-state index contributed by atoms with van der Waals surface area (Å²) in [7, 11) is -3.34. The van der Waals surface area contributed by atoms with Crippen LogP contribution in [0.4, 0.5) is 16.4 Å². The molecule has 0 radical (unpaired) electrons. The van der Waals surface area contributed by atoms with Crippen LogP contribution in [0.5, 0.6) is 0 Å². The van der Waals surface area contributed by atoms with Crippen molar-refractivity contribution in [2.45, 2.75) is 4.90 Å². The van der Waals surface area contributed by atoms with Crippen molar-refractivity contribution in [3.8, 4) is 0 Å². The van der Waals surface area contributed by atoms with Crippen molar-refractivity contribution in [2.75, 3.05) is 37.8 Å². The normalized spacial score (nSPS) is 13.9. The molecule has 12 heteroatoms. The fourth-order valence-corrected chi connectivity index (χ4v) is 5.48. The SMILES string of the molecule is CS(=O)(=O)c1cccc(Nc2ncc3ccc4sc(C(=O)NCCN5CCNC5=O)cc4c3n2)c1. The third-order valence-electron chi connectivity index (χ3n) is 5.60. The highest BCUT2D eigenvalue weighted by atomic mass is 32.2. The largest absolute Gasteiger partial charge is 0.350 e. The van der Waals surface area contributed by atoms with Gasteiger partial charge in [-0.3, -0.25) is 4.79 Å². The van der Waals surface area contributed by atoms with Crippen LogP contribution in [0.15, 0.2) is 53.6 Å². The predicted octanol–water partition coefficient (Wildman–Crippen LogP) is 2.75. The Labute approximate surface area is 205 Å². The van der Waals surface area contributed by atoms with Crippen LogP contribution >= 0.6 is 11.3 Å². The maximum absolute atomic E-state index is 12.7. The van der Waals surface area contributed by atoms with E-state index in [1.165, 1.54) is 23.5 Å². The average molecular weight is 511 g/mol. The van der Waals surface area contributed by atoms with Gasteiger partial charge in [-0.2, -0.15) is 0 Å². The van der Waals surface area contributed by atoms with Crippen LogP contribution in [0.3, 0.4) is 0 Å². The molecule has 3 heterocycles. The standard InChI is InChI=1S/C23H22N6O4S2/c1-35(32,33)16-4-2-3-15(11-16)27-22-26-13-14-5-6-18-17(20(14)28-22)12-19(34-18)21(30)24-7-9-29-10-8-25-23(29)31/h2-6,11-13H,7-10H2,1H3,(H,24,30)(H,25,31)(H,26,27,28). The highest BCUT2D eigenvalue weighted by Crippen LogP contribution is 2.32. The lowest BCUT2D eigenvalue weighted by Crippen LogP contribution is -2.36. The van der Waals surface area contributed by atoms with E-state index in [2.05, 4.69) is 25.9 Å². The van der Waals surface area contributed by atoms with Crippen LogP contribution in [0.1, 0.15) is 9.67 Å². The first kappa shape index (κ1) is 23.0. The summed E-state index contributed by atoms with van der Waals surface area (Å²) in [6, 6.07) is 12.0. The monoisotopic (exact) mass is 510 g/mol. The summed E-state index contributed by atoms with van der Waals surface area (Å²) >= 11 is 1.37. The number of hydrogen-bond acceptors (Lipinski definition) is 8. The van der Waals surface area contributed by atoms with Gasteiger partial charge in [0.1, 0.15) is 0 Å². The molecule has 0 saturated carbocycles. The minimum atomic E-state index is -3.34. The lowest BCUT2D eigenvalue weighted by atomic mass is 10.2. The topological polar surface area (TPSA) is 133 Å². The number of sulfone groups is 1. The number of aromatic nitrogens is 2. The number of hydrogen-bond donors (Lipinski definition) is 3. The number of nitrogens with zero attached hydrogens (tertiary/aromatic N) is 3. The van der Waals surface area contributed by atoms with Gasteiger partial charge in [0.15, 0.2) is 9.84 Å². The molecule has 180 valence electrons. The van der Waals surface area contributed by atoms with Crippen LogP contribution in [0.2, 0.25) is 0 Å². The molecule has 5 rings (SSSR count). The van der Waals surface area contributed by atoms with Gasteiger partial charge in [0.25, 0.3) is 5.91 Å². The molecule has 4 aromatic rings. The van der Waals surface area contributed by atoms with Crippen molar-refractivity contribution >= 4 is 65.7 Å². The van der Waals surface area contributed by atoms with E-state index >= 15 is 0 Å². The van der Waals surface area contributed by atoms with Gasteiger partial charge < -0.3 is 20.9 Å². The molecule has 35 heavy (non-hydrogen) atoms. The fraction of sp³-hybridized carbons (Fsp3) is 0.217. The van der Waals surface area contributed by atoms with E-state index in [0.717, 1.165) is 21.7 Å². The third kappa shape index (κ3) is 4.88. The predicted molar refractivity (Wildman–Crippen MR) is 135 cm³/mol. The van der Waals surface area contributed by atoms with E-state index in [9.17, 15) is 18.0 Å². The molecule has 0 unspecified atom stereocenters. The van der Waals surface area contributed by atoms with Crippen LogP contribution in [-0.4, -0.2) is 67.7 Å². The first-order valence-electron chi connectivity index (χ1n) is 10.9. The number of thiophene rings is 1. The Kier molecular flexibility index (Phi) is 5.99. The van der Waals surface area contributed by atoms with Crippen molar-refractivity contribution in [1.29, 1.82) is 0 Å². The molecular formula is C23H22N6O4S2. The first-order valence-corrected chi connectivity index (χ1v) is 13.6. The molecule has 1 aliphatic heterocycles. The highest BCUT2D eigenvalue weighted by molar-refractivity contribution is 7.90. The lowest BCUT2D eigenvalue weighted by Gasteiger charge is -2.13. The molecule has 0 bridgehead atoms. The quantitative estimate of drug-likeness (QED) is 0.348. The highest BCUT2D eigenvalue weighted by Gasteiger charge is 2.19. The summed E-state index contributed by atoms with van der Waals surface area (Å²) in [6.07, 6.45) is 2.84. The van der Waals surface area contributed by atoms with Crippen LogP contribution in [0, 0.1) is 0 Å². The number of carbonyl (C=O) groups is 2. The van der Waals surface area contributed by atoms with Gasteiger partial charge in [0.05, 0.1) is 15.3 Å². The molecule has 0 spiro atoms. The van der Waals surface area contributed by atoms with E-state index in [1.807, 2.05) is 12.1 Å². The van der Waals surface area contributed by atoms with E-state index in [0.29, 0.717) is 48.2 Å². The van der Waals surface area contributed by atoms with Gasteiger partial charge >= 0.3 is 6.03 Å². The molecule has 3 N–H and O–H groups in total. The van der Waals surface area contributed by atoms with Gasteiger partial charge in [-0.25, -0.2) is 23.2 Å². The second-order valence-corrected chi connectivity index (χ2v) is 11.2. The third-order valence-corrected chi connectivity index (χ3v) is 7.81. The summed E-state index contributed by atoms with van der Waals surface area (Å²) in [5, 5.41) is 10.3. The van der Waals surface area contributed by atoms with Gasteiger partial charge in [-0.1, -0.05) is 6.07 Å². The summed E-state index contributed by atoms with van der Waals surface area (Å²) in [4.78, 5) is 35.7. The number of benzene rings is 2. The number of rotatable bonds is 7. The van der Waals surface area contributed by atoms with E-state index in [-0.39, 0.29) is 16.8 Å². The molecular weight excluding hydrogens is 488 g/mol. The van der Waals surface area contributed by atoms with Crippen molar-refractivity contribution < 1.29 is 18.0 Å². The zero-order valence-corrected chi connectivity index (χ0v) is 20.4. The van der Waals surface area contributed by atoms with Crippen molar-refractivity contribution in [2.24, 2.45) is 0 Å². The van der Waals surface area contributed by atoms with Crippen molar-refractivity contribution in [3.63, 3.8) is 0 Å². The summed E-state index contributed by atoms with van der Waals surface area (Å²) < 4.78 is 24.6. The molecule has 2 aromatic heterocycles. The number of urea groups is 1. The minimum absolute atomic E-state index is 0.111. The molecule has 10 nitrogen and oxygen atoms in total. The van der Waals surface area contributed by atoms with Crippen molar-refractivity contribution in [3.05, 3.63) is 53.5 Å². The first-order chi connectivity index (χ1) is 16.8. The minimum Gasteiger partial charge on any atom is -0.350 e. The Bertz CT molecular complexity index is 1570. The number of nitrogens with one attached hydrogen (secondary N) is 3. The molecule has 1 saturated heterocycles. The molecule has 0 aliphatic carbocycles. The van der Waals surface area contributed by atoms with E-state index in [4.69, 9.17) is 0 Å². The van der Waals surface area contributed by atoms with Gasteiger partial charge in [0, 0.05) is 59.8 Å². The van der Waals surface area contributed by atoms with Crippen molar-refractivity contribution in [1.82, 2.24) is 25.5 Å². The van der Waals surface area contributed by atoms with Crippen LogP contribution in [-0.2, 0) is 9.84 Å². The summed E-state index contributed by atoms with van der Waals surface area (Å²) in [5.41, 5.74) is 1.24. The maximum atomic E-state index is 12.7. The van der Waals surface area contributed by atoms with E-state index < -0.39 is 9.84 Å². The fourth-order valence-electron chi connectivity index (χ4n) is 3.83. The molecule has 1 aliphatic rings. The molecule has 0 atom stereocenters. The summed E-state index contributed by atoms with van der Waals surface area (Å²) in [5.74, 6) is 0.112. The Balaban J connectivity index is 1.37. The van der Waals surface area contributed by atoms with Gasteiger partial charge in [-0.15, -0.1) is 11.3 Å². The Hall–Kier alpha value is -3.77. The summed E-state index contributed by atoms with van der Waals surface area (Å²) in [6.45, 7) is 2.08. The Morgan fingerprint density at radius 3 is 2.86 bits per heavy atom. The molecule has 3 amide bonds. The van der Waals surface area contributed by atoms with Crippen LogP contribution in [0.25, 0.3) is 21.0 Å². The molecule has 2 aromatic carbocycles. The number of fused-ring (bicyclic) bond motifs is 3. The second-order valence-electron chi connectivity index (χ2n) is 8.12. The van der Waals surface area contributed by atoms with Gasteiger partial charge in [-0.05, 0) is 36.4 Å². The number of carbonyl (C=O) groups excluding carboxylic acids is 2. The zero-order chi connectivity index (χ0) is 24.6. The Morgan fingerprint density at radius 1 is 1.23 bits per heavy atom. The van der Waals surface area contributed by atoms with E-state index in [1.54, 1.807) is 29.3 Å². The lowest BCUT2D eigenvalue weighted by molar-refractivity contribution is 0.0954. The number of amides is 3.